The summed E-state index contributed by atoms with van der Waals surface area (Å²) in [5.41, 5.74) is 5.63. The quantitative estimate of drug-likeness (QED) is 0.218. The summed E-state index contributed by atoms with van der Waals surface area (Å²) in [5.74, 6) is -1.73. The zero-order valence-corrected chi connectivity index (χ0v) is 21.5. The highest BCUT2D eigenvalue weighted by molar-refractivity contribution is 5.96. The fourth-order valence-electron chi connectivity index (χ4n) is 4.14. The lowest BCUT2D eigenvalue weighted by Gasteiger charge is -2.25. The molecule has 1 aliphatic rings. The SMILES string of the molecule is CC(C)(Nc1nnc(-c2ccc3[nH]cc(-c4cncc(C5CC5)n4)c3c2)o1)c1ccccc1.O=C(O)C(F)(F)F. The Hall–Kier alpha value is -4.74. The third kappa shape index (κ3) is 5.95. The Kier molecular flexibility index (Phi) is 7.01. The Morgan fingerprint density at radius 3 is 2.48 bits per heavy atom. The van der Waals surface area contributed by atoms with Crippen LogP contribution >= 0.6 is 0 Å². The van der Waals surface area contributed by atoms with Crippen molar-refractivity contribution in [2.45, 2.75) is 44.3 Å². The smallest absolute Gasteiger partial charge is 0.475 e. The Labute approximate surface area is 226 Å². The van der Waals surface area contributed by atoms with Crippen LogP contribution < -0.4 is 5.32 Å². The fraction of sp³-hybridized carbons (Fsp3) is 0.250. The number of carbonyl (C=O) groups is 1. The molecule has 2 aromatic carbocycles. The molecule has 1 saturated carbocycles. The molecule has 0 aliphatic heterocycles. The number of halogens is 3. The number of alkyl halides is 3. The van der Waals surface area contributed by atoms with Gasteiger partial charge in [0.15, 0.2) is 0 Å². The van der Waals surface area contributed by atoms with E-state index in [-0.39, 0.29) is 5.54 Å². The van der Waals surface area contributed by atoms with Gasteiger partial charge in [0.1, 0.15) is 0 Å². The number of anilines is 1. The molecule has 1 aliphatic carbocycles. The van der Waals surface area contributed by atoms with Crippen LogP contribution in [0.5, 0.6) is 0 Å². The van der Waals surface area contributed by atoms with Crippen LogP contribution in [0.15, 0.2) is 71.5 Å². The second-order valence-corrected chi connectivity index (χ2v) is 9.90. The summed E-state index contributed by atoms with van der Waals surface area (Å²) in [7, 11) is 0. The molecule has 3 aromatic heterocycles. The summed E-state index contributed by atoms with van der Waals surface area (Å²) < 4.78 is 37.7. The molecule has 0 atom stereocenters. The maximum atomic E-state index is 10.6. The summed E-state index contributed by atoms with van der Waals surface area (Å²) in [4.78, 5) is 21.5. The van der Waals surface area contributed by atoms with Crippen LogP contribution in [0.3, 0.4) is 0 Å². The number of aromatic amines is 1. The molecule has 0 bridgehead atoms. The molecule has 12 heteroatoms. The van der Waals surface area contributed by atoms with E-state index in [4.69, 9.17) is 19.3 Å². The van der Waals surface area contributed by atoms with E-state index in [0.29, 0.717) is 17.8 Å². The Balaban J connectivity index is 0.000000411. The molecule has 0 spiro atoms. The van der Waals surface area contributed by atoms with Crippen molar-refractivity contribution in [3.63, 3.8) is 0 Å². The number of nitrogens with one attached hydrogen (secondary N) is 2. The van der Waals surface area contributed by atoms with Crippen LogP contribution in [0, 0.1) is 0 Å². The lowest BCUT2D eigenvalue weighted by atomic mass is 9.95. The molecule has 3 N–H and O–H groups in total. The lowest BCUT2D eigenvalue weighted by Crippen LogP contribution is -2.27. The van der Waals surface area contributed by atoms with Gasteiger partial charge in [-0.3, -0.25) is 4.98 Å². The molecule has 0 amide bonds. The number of hydrogen-bond acceptors (Lipinski definition) is 7. The first kappa shape index (κ1) is 26.9. The summed E-state index contributed by atoms with van der Waals surface area (Å²) in [5, 5.41) is 20.0. The highest BCUT2D eigenvalue weighted by Crippen LogP contribution is 2.40. The summed E-state index contributed by atoms with van der Waals surface area (Å²) in [6.45, 7) is 4.17. The van der Waals surface area contributed by atoms with Gasteiger partial charge in [0.25, 0.3) is 0 Å². The van der Waals surface area contributed by atoms with E-state index in [1.165, 1.54) is 12.8 Å². The van der Waals surface area contributed by atoms with Crippen molar-refractivity contribution in [1.82, 2.24) is 25.1 Å². The van der Waals surface area contributed by atoms with E-state index in [0.717, 1.165) is 39.0 Å². The molecule has 6 rings (SSSR count). The molecule has 40 heavy (non-hydrogen) atoms. The Morgan fingerprint density at radius 1 is 1.07 bits per heavy atom. The van der Waals surface area contributed by atoms with Crippen LogP contribution in [0.1, 0.15) is 43.9 Å². The number of benzene rings is 2. The highest BCUT2D eigenvalue weighted by atomic mass is 19.4. The number of rotatable bonds is 6. The van der Waals surface area contributed by atoms with Crippen molar-refractivity contribution in [1.29, 1.82) is 0 Å². The molecular formula is C28H25F3N6O3. The first-order valence-electron chi connectivity index (χ1n) is 12.4. The minimum absolute atomic E-state index is 0.353. The number of hydrogen-bond donors (Lipinski definition) is 3. The van der Waals surface area contributed by atoms with E-state index in [2.05, 4.69) is 57.5 Å². The summed E-state index contributed by atoms with van der Waals surface area (Å²) in [6.07, 6.45) is 3.00. The molecule has 3 heterocycles. The molecule has 1 fully saturated rings. The van der Waals surface area contributed by atoms with Crippen molar-refractivity contribution >= 4 is 22.9 Å². The van der Waals surface area contributed by atoms with Gasteiger partial charge in [0.2, 0.25) is 5.89 Å². The van der Waals surface area contributed by atoms with Crippen LogP contribution in [-0.4, -0.2) is 42.4 Å². The molecule has 206 valence electrons. The number of H-pyrrole nitrogens is 1. The number of fused-ring (bicyclic) bond motifs is 1. The van der Waals surface area contributed by atoms with Gasteiger partial charge in [-0.2, -0.15) is 13.2 Å². The van der Waals surface area contributed by atoms with Crippen molar-refractivity contribution in [2.24, 2.45) is 0 Å². The summed E-state index contributed by atoms with van der Waals surface area (Å²) in [6, 6.07) is 16.6. The summed E-state index contributed by atoms with van der Waals surface area (Å²) >= 11 is 0. The maximum Gasteiger partial charge on any atom is 0.490 e. The lowest BCUT2D eigenvalue weighted by molar-refractivity contribution is -0.192. The average molecular weight is 551 g/mol. The standard InChI is InChI=1S/C26H24N6O.C2HF3O2/c1-26(2,18-6-4-3-5-7-18)30-25-32-31-24(33-25)17-10-11-21-19(12-17)20(13-28-21)23-15-27-14-22(29-23)16-8-9-16;3-2(4,5)1(6)7/h3-7,10-16,28H,8-9H2,1-2H3,(H,30,32);(H,6,7). The number of carboxylic acid groups (broad SMARTS) is 1. The van der Waals surface area contributed by atoms with Crippen molar-refractivity contribution in [2.75, 3.05) is 5.32 Å². The zero-order valence-electron chi connectivity index (χ0n) is 21.5. The fourth-order valence-corrected chi connectivity index (χ4v) is 4.14. The maximum absolute atomic E-state index is 10.6. The largest absolute Gasteiger partial charge is 0.490 e. The Morgan fingerprint density at radius 2 is 1.80 bits per heavy atom. The van der Waals surface area contributed by atoms with Crippen molar-refractivity contribution in [3.8, 4) is 22.7 Å². The minimum Gasteiger partial charge on any atom is -0.475 e. The number of carboxylic acids is 1. The molecule has 0 saturated heterocycles. The van der Waals surface area contributed by atoms with Crippen molar-refractivity contribution < 1.29 is 27.5 Å². The van der Waals surface area contributed by atoms with E-state index in [1.807, 2.05) is 48.9 Å². The second kappa shape index (κ2) is 10.4. The van der Waals surface area contributed by atoms with Gasteiger partial charge < -0.3 is 19.8 Å². The van der Waals surface area contributed by atoms with Gasteiger partial charge in [-0.1, -0.05) is 35.4 Å². The first-order chi connectivity index (χ1) is 19.0. The topological polar surface area (TPSA) is 130 Å². The minimum atomic E-state index is -5.08. The van der Waals surface area contributed by atoms with Crippen LogP contribution in [-0.2, 0) is 10.3 Å². The van der Waals surface area contributed by atoms with E-state index in [9.17, 15) is 13.2 Å². The monoisotopic (exact) mass is 550 g/mol. The third-order valence-corrected chi connectivity index (χ3v) is 6.44. The zero-order chi connectivity index (χ0) is 28.5. The molecule has 9 nitrogen and oxygen atoms in total. The second-order valence-electron chi connectivity index (χ2n) is 9.90. The highest BCUT2D eigenvalue weighted by Gasteiger charge is 2.38. The molecular weight excluding hydrogens is 525 g/mol. The van der Waals surface area contributed by atoms with E-state index < -0.39 is 12.1 Å². The number of nitrogens with zero attached hydrogens (tertiary/aromatic N) is 4. The van der Waals surface area contributed by atoms with Crippen molar-refractivity contribution in [3.05, 3.63) is 78.4 Å². The number of aromatic nitrogens is 5. The molecule has 5 aromatic rings. The average Bonchev–Trinajstić information content (AvgIpc) is 3.54. The third-order valence-electron chi connectivity index (χ3n) is 6.44. The van der Waals surface area contributed by atoms with Gasteiger partial charge >= 0.3 is 18.2 Å². The predicted molar refractivity (Wildman–Crippen MR) is 141 cm³/mol. The van der Waals surface area contributed by atoms with E-state index >= 15 is 0 Å². The Bertz CT molecular complexity index is 1640. The van der Waals surface area contributed by atoms with E-state index in [1.54, 1.807) is 0 Å². The first-order valence-corrected chi connectivity index (χ1v) is 12.4. The normalized spacial score (nSPS) is 13.5. The number of aliphatic carboxylic acids is 1. The molecule has 0 unspecified atom stereocenters. The van der Waals surface area contributed by atoms with Gasteiger partial charge in [-0.15, -0.1) is 5.10 Å². The van der Waals surface area contributed by atoms with Gasteiger partial charge in [0, 0.05) is 40.3 Å². The molecule has 0 radical (unpaired) electrons. The van der Waals surface area contributed by atoms with Crippen LogP contribution in [0.2, 0.25) is 0 Å². The van der Waals surface area contributed by atoms with Gasteiger partial charge in [-0.25, -0.2) is 9.78 Å². The van der Waals surface area contributed by atoms with Crippen LogP contribution in [0.4, 0.5) is 19.2 Å². The van der Waals surface area contributed by atoms with Crippen LogP contribution in [0.25, 0.3) is 33.6 Å². The predicted octanol–water partition coefficient (Wildman–Crippen LogP) is 6.53. The van der Waals surface area contributed by atoms with Gasteiger partial charge in [-0.05, 0) is 50.5 Å². The van der Waals surface area contributed by atoms with Gasteiger partial charge in [0.05, 0.1) is 23.1 Å².